The number of ether oxygens (including phenoxy) is 1. The van der Waals surface area contributed by atoms with E-state index in [1.807, 2.05) is 0 Å². The fourth-order valence-corrected chi connectivity index (χ4v) is 2.84. The molecule has 0 amide bonds. The molecule has 2 aromatic carbocycles. The van der Waals surface area contributed by atoms with Crippen molar-refractivity contribution in [3.8, 4) is 17.2 Å². The molecule has 0 saturated carbocycles. The summed E-state index contributed by atoms with van der Waals surface area (Å²) in [6, 6.07) is 12.4. The highest BCUT2D eigenvalue weighted by Crippen LogP contribution is 2.25. The number of likely N-dealkylation sites (tertiary alicyclic amines) is 1. The lowest BCUT2D eigenvalue weighted by Crippen LogP contribution is -2.36. The van der Waals surface area contributed by atoms with Crippen molar-refractivity contribution in [2.24, 2.45) is 5.92 Å². The summed E-state index contributed by atoms with van der Waals surface area (Å²) in [5.41, 5.74) is 0. The van der Waals surface area contributed by atoms with Crippen LogP contribution in [0.5, 0.6) is 17.2 Å². The highest BCUT2D eigenvalue weighted by molar-refractivity contribution is 5.72. The van der Waals surface area contributed by atoms with Gasteiger partial charge in [-0.1, -0.05) is 6.92 Å². The molecule has 0 unspecified atom stereocenters. The molecule has 0 atom stereocenters. The van der Waals surface area contributed by atoms with Crippen molar-refractivity contribution < 1.29 is 23.7 Å². The van der Waals surface area contributed by atoms with Crippen molar-refractivity contribution in [1.82, 2.24) is 4.90 Å². The normalized spacial score (nSPS) is 15.5. The Labute approximate surface area is 152 Å². The molecule has 0 bridgehead atoms. The minimum absolute atomic E-state index is 0.112. The quantitative estimate of drug-likeness (QED) is 0.572. The first kappa shape index (κ1) is 18.2. The summed E-state index contributed by atoms with van der Waals surface area (Å²) in [5.74, 6) is 0.762. The standard InChI is InChI=1S/C20H22FNO4/c1-2-22-13-11-15(12-14-22)20(23)26-25-19-9-7-18(8-10-19)24-17-5-3-16(21)4-6-17/h3-10,15H,2,11-14H2,1H3. The van der Waals surface area contributed by atoms with E-state index in [2.05, 4.69) is 11.8 Å². The first-order valence-electron chi connectivity index (χ1n) is 8.78. The molecular formula is C20H22FNO4. The van der Waals surface area contributed by atoms with E-state index in [9.17, 15) is 9.18 Å². The number of benzene rings is 2. The van der Waals surface area contributed by atoms with Gasteiger partial charge < -0.3 is 9.64 Å². The average molecular weight is 359 g/mol. The van der Waals surface area contributed by atoms with Crippen LogP contribution >= 0.6 is 0 Å². The van der Waals surface area contributed by atoms with E-state index in [1.165, 1.54) is 12.1 Å². The summed E-state index contributed by atoms with van der Waals surface area (Å²) in [5, 5.41) is 0. The van der Waals surface area contributed by atoms with Gasteiger partial charge in [-0.25, -0.2) is 9.18 Å². The lowest BCUT2D eigenvalue weighted by atomic mass is 9.97. The summed E-state index contributed by atoms with van der Waals surface area (Å²) in [4.78, 5) is 24.5. The summed E-state index contributed by atoms with van der Waals surface area (Å²) in [6.07, 6.45) is 1.58. The third kappa shape index (κ3) is 4.95. The van der Waals surface area contributed by atoms with E-state index in [1.54, 1.807) is 36.4 Å². The van der Waals surface area contributed by atoms with Gasteiger partial charge in [-0.3, -0.25) is 9.78 Å². The van der Waals surface area contributed by atoms with Crippen LogP contribution in [0.2, 0.25) is 0 Å². The van der Waals surface area contributed by atoms with E-state index in [4.69, 9.17) is 14.5 Å². The molecule has 3 rings (SSSR count). The maximum absolute atomic E-state index is 12.9. The first-order chi connectivity index (χ1) is 12.6. The van der Waals surface area contributed by atoms with Gasteiger partial charge in [-0.2, -0.15) is 0 Å². The van der Waals surface area contributed by atoms with Crippen molar-refractivity contribution >= 4 is 5.97 Å². The Morgan fingerprint density at radius 1 is 1.00 bits per heavy atom. The number of hydrogen-bond acceptors (Lipinski definition) is 5. The Bertz CT molecular complexity index is 710. The minimum Gasteiger partial charge on any atom is -0.457 e. The molecule has 2 aromatic rings. The molecule has 0 aliphatic carbocycles. The van der Waals surface area contributed by atoms with Gasteiger partial charge in [-0.05, 0) is 81.0 Å². The molecule has 26 heavy (non-hydrogen) atoms. The lowest BCUT2D eigenvalue weighted by Gasteiger charge is -2.29. The Balaban J connectivity index is 1.47. The smallest absolute Gasteiger partial charge is 0.358 e. The largest absolute Gasteiger partial charge is 0.457 e. The second-order valence-electron chi connectivity index (χ2n) is 6.22. The van der Waals surface area contributed by atoms with Crippen LogP contribution in [0.1, 0.15) is 19.8 Å². The molecule has 5 nitrogen and oxygen atoms in total. The monoisotopic (exact) mass is 359 g/mol. The van der Waals surface area contributed by atoms with Gasteiger partial charge in [0.1, 0.15) is 17.3 Å². The van der Waals surface area contributed by atoms with Crippen LogP contribution in [0.25, 0.3) is 0 Å². The molecule has 1 aliphatic rings. The van der Waals surface area contributed by atoms with Gasteiger partial charge in [0.2, 0.25) is 0 Å². The van der Waals surface area contributed by atoms with Gasteiger partial charge in [0, 0.05) is 0 Å². The van der Waals surface area contributed by atoms with E-state index < -0.39 is 0 Å². The second kappa shape index (κ2) is 8.67. The number of piperidine rings is 1. The SMILES string of the molecule is CCN1CCC(C(=O)OOc2ccc(Oc3ccc(F)cc3)cc2)CC1. The molecule has 1 aliphatic heterocycles. The van der Waals surface area contributed by atoms with E-state index in [0.29, 0.717) is 17.2 Å². The minimum atomic E-state index is -0.326. The maximum atomic E-state index is 12.9. The third-order valence-electron chi connectivity index (χ3n) is 4.46. The summed E-state index contributed by atoms with van der Waals surface area (Å²) >= 11 is 0. The van der Waals surface area contributed by atoms with Gasteiger partial charge >= 0.3 is 5.97 Å². The Morgan fingerprint density at radius 3 is 2.12 bits per heavy atom. The van der Waals surface area contributed by atoms with Crippen LogP contribution in [-0.2, 0) is 9.68 Å². The molecule has 138 valence electrons. The van der Waals surface area contributed by atoms with Crippen LogP contribution in [0, 0.1) is 11.7 Å². The zero-order valence-corrected chi connectivity index (χ0v) is 14.7. The van der Waals surface area contributed by atoms with Crippen molar-refractivity contribution in [1.29, 1.82) is 0 Å². The first-order valence-corrected chi connectivity index (χ1v) is 8.78. The predicted molar refractivity (Wildman–Crippen MR) is 94.5 cm³/mol. The Morgan fingerprint density at radius 2 is 1.54 bits per heavy atom. The van der Waals surface area contributed by atoms with Crippen molar-refractivity contribution in [3.05, 3.63) is 54.3 Å². The van der Waals surface area contributed by atoms with Gasteiger partial charge in [0.15, 0.2) is 5.75 Å². The summed E-state index contributed by atoms with van der Waals surface area (Å²) in [7, 11) is 0. The highest BCUT2D eigenvalue weighted by Gasteiger charge is 2.26. The molecular weight excluding hydrogens is 337 g/mol. The number of carbonyl (C=O) groups excluding carboxylic acids is 1. The van der Waals surface area contributed by atoms with Crippen LogP contribution in [0.15, 0.2) is 48.5 Å². The molecule has 6 heteroatoms. The zero-order chi connectivity index (χ0) is 18.4. The number of carbonyl (C=O) groups is 1. The highest BCUT2D eigenvalue weighted by atomic mass is 19.1. The Kier molecular flexibility index (Phi) is 6.07. The number of hydrogen-bond donors (Lipinski definition) is 0. The zero-order valence-electron chi connectivity index (χ0n) is 14.7. The molecule has 1 fully saturated rings. The molecule has 0 radical (unpaired) electrons. The van der Waals surface area contributed by atoms with Crippen LogP contribution in [-0.4, -0.2) is 30.5 Å². The van der Waals surface area contributed by atoms with Crippen molar-refractivity contribution in [2.75, 3.05) is 19.6 Å². The van der Waals surface area contributed by atoms with Crippen LogP contribution < -0.4 is 9.62 Å². The number of nitrogens with zero attached hydrogens (tertiary/aromatic N) is 1. The third-order valence-corrected chi connectivity index (χ3v) is 4.46. The summed E-state index contributed by atoms with van der Waals surface area (Å²) < 4.78 is 18.5. The molecule has 0 aromatic heterocycles. The number of halogens is 1. The number of rotatable bonds is 6. The molecule has 0 N–H and O–H groups in total. The Hall–Kier alpha value is -2.60. The van der Waals surface area contributed by atoms with Crippen LogP contribution in [0.3, 0.4) is 0 Å². The van der Waals surface area contributed by atoms with E-state index in [0.717, 1.165) is 32.5 Å². The summed E-state index contributed by atoms with van der Waals surface area (Å²) in [6.45, 7) is 4.94. The average Bonchev–Trinajstić information content (AvgIpc) is 2.69. The second-order valence-corrected chi connectivity index (χ2v) is 6.22. The maximum Gasteiger partial charge on any atom is 0.358 e. The molecule has 1 saturated heterocycles. The molecule has 0 spiro atoms. The van der Waals surface area contributed by atoms with Gasteiger partial charge in [0.25, 0.3) is 0 Å². The van der Waals surface area contributed by atoms with E-state index >= 15 is 0 Å². The van der Waals surface area contributed by atoms with Crippen molar-refractivity contribution in [2.45, 2.75) is 19.8 Å². The lowest BCUT2D eigenvalue weighted by molar-refractivity contribution is -0.220. The fraction of sp³-hybridized carbons (Fsp3) is 0.350. The predicted octanol–water partition coefficient (Wildman–Crippen LogP) is 4.19. The van der Waals surface area contributed by atoms with Crippen LogP contribution in [0.4, 0.5) is 4.39 Å². The van der Waals surface area contributed by atoms with Gasteiger partial charge in [-0.15, -0.1) is 0 Å². The van der Waals surface area contributed by atoms with E-state index in [-0.39, 0.29) is 17.7 Å². The van der Waals surface area contributed by atoms with Crippen molar-refractivity contribution in [3.63, 3.8) is 0 Å². The fourth-order valence-electron chi connectivity index (χ4n) is 2.84. The van der Waals surface area contributed by atoms with Gasteiger partial charge in [0.05, 0.1) is 5.92 Å². The molecule has 1 heterocycles. The topological polar surface area (TPSA) is 48.0 Å².